The lowest BCUT2D eigenvalue weighted by atomic mass is 10.2. The number of nitrogens with two attached hydrogens (primary N) is 1. The van der Waals surface area contributed by atoms with Crippen molar-refractivity contribution in [1.29, 1.82) is 0 Å². The molecule has 2 aromatic rings. The second-order valence-corrected chi connectivity index (χ2v) is 7.15. The van der Waals surface area contributed by atoms with E-state index in [4.69, 9.17) is 37.8 Å². The third-order valence-electron chi connectivity index (χ3n) is 2.95. The van der Waals surface area contributed by atoms with Gasteiger partial charge in [0.2, 0.25) is 10.0 Å². The first-order valence-corrected chi connectivity index (χ1v) is 9.06. The van der Waals surface area contributed by atoms with E-state index < -0.39 is 32.3 Å². The van der Waals surface area contributed by atoms with Gasteiger partial charge in [0.15, 0.2) is 0 Å². The van der Waals surface area contributed by atoms with Crippen LogP contribution in [0.2, 0.25) is 10.0 Å². The van der Waals surface area contributed by atoms with Crippen molar-refractivity contribution >= 4 is 39.2 Å². The summed E-state index contributed by atoms with van der Waals surface area (Å²) in [5.41, 5.74) is -0.545. The number of rotatable bonds is 6. The molecule has 0 atom stereocenters. The average Bonchev–Trinajstić information content (AvgIpc) is 2.52. The molecule has 2 aromatic carbocycles. The lowest BCUT2D eigenvalue weighted by Gasteiger charge is -2.10. The Morgan fingerprint density at radius 3 is 2.48 bits per heavy atom. The highest BCUT2D eigenvalue weighted by Crippen LogP contribution is 2.27. The number of hydrogen-bond donors (Lipinski definition) is 1. The molecule has 0 radical (unpaired) electrons. The monoisotopic (exact) mass is 407 g/mol. The van der Waals surface area contributed by atoms with Crippen LogP contribution in [0.3, 0.4) is 0 Å². The molecule has 0 saturated heterocycles. The first kappa shape index (κ1) is 19.5. The predicted molar refractivity (Wildman–Crippen MR) is 90.0 cm³/mol. The molecule has 0 amide bonds. The number of primary sulfonamides is 1. The summed E-state index contributed by atoms with van der Waals surface area (Å²) in [6.07, 6.45) is 0. The van der Waals surface area contributed by atoms with Crippen molar-refractivity contribution in [3.63, 3.8) is 0 Å². The fourth-order valence-corrected chi connectivity index (χ4v) is 2.80. The van der Waals surface area contributed by atoms with Gasteiger partial charge in [-0.3, -0.25) is 0 Å². The van der Waals surface area contributed by atoms with E-state index in [1.165, 1.54) is 6.07 Å². The van der Waals surface area contributed by atoms with Crippen molar-refractivity contribution in [2.75, 3.05) is 13.2 Å². The van der Waals surface area contributed by atoms with Gasteiger partial charge >= 0.3 is 5.97 Å². The molecule has 6 nitrogen and oxygen atoms in total. The van der Waals surface area contributed by atoms with Gasteiger partial charge in [-0.25, -0.2) is 22.7 Å². The van der Waals surface area contributed by atoms with Gasteiger partial charge in [-0.05, 0) is 36.4 Å². The standard InChI is InChI=1S/C15H12Cl2FNO5S/c16-9-1-4-14(12(17)7-9)23-5-6-24-15(20)11-8-10(25(19,21)22)2-3-13(11)18/h1-4,7-8H,5-6H2,(H2,19,21,22). The van der Waals surface area contributed by atoms with Crippen molar-refractivity contribution in [1.82, 2.24) is 0 Å². The molecular formula is C15H12Cl2FNO5S. The molecule has 0 aliphatic rings. The minimum Gasteiger partial charge on any atom is -0.488 e. The van der Waals surface area contributed by atoms with Crippen molar-refractivity contribution in [3.05, 3.63) is 57.8 Å². The summed E-state index contributed by atoms with van der Waals surface area (Å²) >= 11 is 11.7. The van der Waals surface area contributed by atoms with Crippen molar-refractivity contribution in [2.45, 2.75) is 4.90 Å². The topological polar surface area (TPSA) is 95.7 Å². The molecule has 25 heavy (non-hydrogen) atoms. The number of carbonyl (C=O) groups is 1. The Kier molecular flexibility index (Phi) is 6.23. The molecule has 0 unspecified atom stereocenters. The van der Waals surface area contributed by atoms with E-state index in [1.54, 1.807) is 12.1 Å². The van der Waals surface area contributed by atoms with E-state index >= 15 is 0 Å². The van der Waals surface area contributed by atoms with Gasteiger partial charge in [0, 0.05) is 5.02 Å². The maximum absolute atomic E-state index is 13.7. The van der Waals surface area contributed by atoms with Crippen LogP contribution in [-0.2, 0) is 14.8 Å². The largest absolute Gasteiger partial charge is 0.488 e. The predicted octanol–water partition coefficient (Wildman–Crippen LogP) is 3.02. The summed E-state index contributed by atoms with van der Waals surface area (Å²) in [6.45, 7) is -0.263. The SMILES string of the molecule is NS(=O)(=O)c1ccc(F)c(C(=O)OCCOc2ccc(Cl)cc2Cl)c1. The van der Waals surface area contributed by atoms with Gasteiger partial charge < -0.3 is 9.47 Å². The smallest absolute Gasteiger partial charge is 0.341 e. The number of esters is 1. The fraction of sp³-hybridized carbons (Fsp3) is 0.133. The molecule has 0 bridgehead atoms. The molecular weight excluding hydrogens is 396 g/mol. The summed E-state index contributed by atoms with van der Waals surface area (Å²) in [6, 6.07) is 7.18. The average molecular weight is 408 g/mol. The normalized spacial score (nSPS) is 11.2. The lowest BCUT2D eigenvalue weighted by Crippen LogP contribution is -2.16. The summed E-state index contributed by atoms with van der Waals surface area (Å²) in [7, 11) is -4.07. The number of ether oxygens (including phenoxy) is 2. The van der Waals surface area contributed by atoms with Crippen LogP contribution in [0.4, 0.5) is 4.39 Å². The number of carbonyl (C=O) groups excluding carboxylic acids is 1. The highest BCUT2D eigenvalue weighted by molar-refractivity contribution is 7.89. The van der Waals surface area contributed by atoms with Crippen molar-refractivity contribution in [2.24, 2.45) is 5.14 Å². The molecule has 2 N–H and O–H groups in total. The molecule has 0 aliphatic heterocycles. The van der Waals surface area contributed by atoms with Gasteiger partial charge in [-0.1, -0.05) is 23.2 Å². The lowest BCUT2D eigenvalue weighted by molar-refractivity contribution is 0.0445. The molecule has 0 spiro atoms. The van der Waals surface area contributed by atoms with Crippen LogP contribution in [0.25, 0.3) is 0 Å². The van der Waals surface area contributed by atoms with Gasteiger partial charge in [0.25, 0.3) is 0 Å². The molecule has 2 rings (SSSR count). The van der Waals surface area contributed by atoms with Crippen LogP contribution in [0.1, 0.15) is 10.4 Å². The van der Waals surface area contributed by atoms with Crippen LogP contribution in [0, 0.1) is 5.82 Å². The molecule has 0 aromatic heterocycles. The highest BCUT2D eigenvalue weighted by Gasteiger charge is 2.18. The van der Waals surface area contributed by atoms with Gasteiger partial charge in [-0.2, -0.15) is 0 Å². The Hall–Kier alpha value is -1.87. The second kappa shape index (κ2) is 8.01. The maximum atomic E-state index is 13.7. The van der Waals surface area contributed by atoms with E-state index in [0.717, 1.165) is 18.2 Å². The molecule has 0 heterocycles. The summed E-state index contributed by atoms with van der Waals surface area (Å²) in [5, 5.41) is 5.66. The summed E-state index contributed by atoms with van der Waals surface area (Å²) in [4.78, 5) is 11.5. The third-order valence-corrected chi connectivity index (χ3v) is 4.40. The first-order valence-electron chi connectivity index (χ1n) is 6.76. The number of halogens is 3. The summed E-state index contributed by atoms with van der Waals surface area (Å²) in [5.74, 6) is -1.64. The highest BCUT2D eigenvalue weighted by atomic mass is 35.5. The zero-order chi connectivity index (χ0) is 18.6. The minimum absolute atomic E-state index is 0.0520. The van der Waals surface area contributed by atoms with Crippen LogP contribution < -0.4 is 9.88 Å². The van der Waals surface area contributed by atoms with E-state index in [0.29, 0.717) is 10.8 Å². The maximum Gasteiger partial charge on any atom is 0.341 e. The van der Waals surface area contributed by atoms with E-state index in [9.17, 15) is 17.6 Å². The summed E-state index contributed by atoms with van der Waals surface area (Å²) < 4.78 is 46.3. The van der Waals surface area contributed by atoms with Crippen molar-refractivity contribution in [3.8, 4) is 5.75 Å². The first-order chi connectivity index (χ1) is 11.7. The van der Waals surface area contributed by atoms with Crippen LogP contribution in [0.15, 0.2) is 41.3 Å². The Bertz CT molecular complexity index is 905. The zero-order valence-corrected chi connectivity index (χ0v) is 14.9. The number of sulfonamides is 1. The Morgan fingerprint density at radius 2 is 1.84 bits per heavy atom. The van der Waals surface area contributed by atoms with Crippen LogP contribution >= 0.6 is 23.2 Å². The van der Waals surface area contributed by atoms with Gasteiger partial charge in [0.05, 0.1) is 15.5 Å². The Morgan fingerprint density at radius 1 is 1.12 bits per heavy atom. The molecule has 0 saturated carbocycles. The van der Waals surface area contributed by atoms with Crippen LogP contribution in [-0.4, -0.2) is 27.6 Å². The molecule has 134 valence electrons. The van der Waals surface area contributed by atoms with Crippen LogP contribution in [0.5, 0.6) is 5.75 Å². The van der Waals surface area contributed by atoms with Gasteiger partial charge in [-0.15, -0.1) is 0 Å². The Balaban J connectivity index is 1.96. The molecule has 0 aliphatic carbocycles. The zero-order valence-electron chi connectivity index (χ0n) is 12.5. The second-order valence-electron chi connectivity index (χ2n) is 4.75. The number of benzene rings is 2. The van der Waals surface area contributed by atoms with Gasteiger partial charge in [0.1, 0.15) is 24.8 Å². The van der Waals surface area contributed by atoms with E-state index in [1.807, 2.05) is 0 Å². The molecule has 0 fully saturated rings. The van der Waals surface area contributed by atoms with E-state index in [-0.39, 0.29) is 18.2 Å². The Labute approximate surface area is 153 Å². The third kappa shape index (κ3) is 5.30. The fourth-order valence-electron chi connectivity index (χ4n) is 1.79. The molecule has 10 heteroatoms. The van der Waals surface area contributed by atoms with Crippen molar-refractivity contribution < 1.29 is 27.1 Å². The minimum atomic E-state index is -4.07. The van der Waals surface area contributed by atoms with E-state index in [2.05, 4.69) is 0 Å². The number of hydrogen-bond acceptors (Lipinski definition) is 5. The quantitative estimate of drug-likeness (QED) is 0.586.